The van der Waals surface area contributed by atoms with Crippen LogP contribution in [0.1, 0.15) is 33.8 Å². The predicted octanol–water partition coefficient (Wildman–Crippen LogP) is 2.53. The number of hydrogen-bond donors (Lipinski definition) is 1. The summed E-state index contributed by atoms with van der Waals surface area (Å²) in [5.41, 5.74) is 5.73. The minimum absolute atomic E-state index is 0.606. The van der Waals surface area contributed by atoms with E-state index < -0.39 is 0 Å². The lowest BCUT2D eigenvalue weighted by Gasteiger charge is -2.10. The van der Waals surface area contributed by atoms with Crippen molar-refractivity contribution in [2.24, 2.45) is 7.05 Å². The summed E-state index contributed by atoms with van der Waals surface area (Å²) in [6.45, 7) is 8.51. The third-order valence-corrected chi connectivity index (χ3v) is 3.55. The molecule has 20 heavy (non-hydrogen) atoms. The Balaban J connectivity index is 2.30. The number of aryl methyl sites for hydroxylation is 4. The largest absolute Gasteiger partial charge is 0.365 e. The van der Waals surface area contributed by atoms with Gasteiger partial charge in [-0.1, -0.05) is 0 Å². The van der Waals surface area contributed by atoms with E-state index in [1.165, 1.54) is 0 Å². The molecule has 0 bridgehead atoms. The molecule has 0 spiro atoms. The molecule has 2 rings (SSSR count). The van der Waals surface area contributed by atoms with Gasteiger partial charge in [0.05, 0.1) is 11.3 Å². The van der Waals surface area contributed by atoms with Gasteiger partial charge in [-0.2, -0.15) is 10.4 Å². The van der Waals surface area contributed by atoms with Crippen LogP contribution in [-0.4, -0.2) is 14.8 Å². The van der Waals surface area contributed by atoms with E-state index in [1.54, 1.807) is 0 Å². The van der Waals surface area contributed by atoms with Crippen molar-refractivity contribution in [2.75, 3.05) is 5.32 Å². The minimum atomic E-state index is 0.606. The fraction of sp³-hybridized carbons (Fsp3) is 0.400. The number of hydrogen-bond acceptors (Lipinski definition) is 4. The molecule has 0 aliphatic heterocycles. The van der Waals surface area contributed by atoms with Crippen molar-refractivity contribution in [3.8, 4) is 6.07 Å². The van der Waals surface area contributed by atoms with E-state index in [2.05, 4.69) is 21.5 Å². The first-order chi connectivity index (χ1) is 9.43. The van der Waals surface area contributed by atoms with E-state index >= 15 is 0 Å². The summed E-state index contributed by atoms with van der Waals surface area (Å²) >= 11 is 0. The van der Waals surface area contributed by atoms with Crippen LogP contribution in [0, 0.1) is 39.0 Å². The molecule has 0 atom stereocenters. The van der Waals surface area contributed by atoms with Crippen LogP contribution in [0.5, 0.6) is 0 Å². The van der Waals surface area contributed by atoms with Gasteiger partial charge >= 0.3 is 0 Å². The van der Waals surface area contributed by atoms with Crippen molar-refractivity contribution in [1.29, 1.82) is 5.26 Å². The summed E-state index contributed by atoms with van der Waals surface area (Å²) in [5.74, 6) is 0.646. The lowest BCUT2D eigenvalue weighted by molar-refractivity contribution is 0.730. The van der Waals surface area contributed by atoms with Crippen LogP contribution in [0.4, 0.5) is 5.82 Å². The molecule has 2 aromatic rings. The Labute approximate surface area is 119 Å². The molecule has 0 unspecified atom stereocenters. The number of nitriles is 1. The van der Waals surface area contributed by atoms with Gasteiger partial charge in [0.1, 0.15) is 11.9 Å². The Morgan fingerprint density at radius 1 is 1.30 bits per heavy atom. The van der Waals surface area contributed by atoms with E-state index in [1.807, 2.05) is 45.5 Å². The first-order valence-electron chi connectivity index (χ1n) is 6.55. The van der Waals surface area contributed by atoms with Gasteiger partial charge in [-0.05, 0) is 39.3 Å². The minimum Gasteiger partial charge on any atom is -0.365 e. The van der Waals surface area contributed by atoms with Crippen LogP contribution in [0.25, 0.3) is 0 Å². The van der Waals surface area contributed by atoms with E-state index in [0.29, 0.717) is 17.9 Å². The fourth-order valence-electron chi connectivity index (χ4n) is 2.35. The highest BCUT2D eigenvalue weighted by molar-refractivity contribution is 5.56. The van der Waals surface area contributed by atoms with Crippen LogP contribution >= 0.6 is 0 Å². The summed E-state index contributed by atoms with van der Waals surface area (Å²) in [6.07, 6.45) is 0. The second kappa shape index (κ2) is 5.33. The van der Waals surface area contributed by atoms with E-state index in [-0.39, 0.29) is 0 Å². The van der Waals surface area contributed by atoms with Crippen LogP contribution in [0.3, 0.4) is 0 Å². The molecule has 2 aromatic heterocycles. The number of pyridine rings is 1. The van der Waals surface area contributed by atoms with Gasteiger partial charge in [0.25, 0.3) is 0 Å². The average Bonchev–Trinajstić information content (AvgIpc) is 2.61. The zero-order valence-corrected chi connectivity index (χ0v) is 12.6. The molecule has 5 heteroatoms. The van der Waals surface area contributed by atoms with Crippen molar-refractivity contribution in [2.45, 2.75) is 34.2 Å². The van der Waals surface area contributed by atoms with Gasteiger partial charge in [-0.25, -0.2) is 4.98 Å². The fourth-order valence-corrected chi connectivity index (χ4v) is 2.35. The van der Waals surface area contributed by atoms with Crippen molar-refractivity contribution in [1.82, 2.24) is 14.8 Å². The third-order valence-electron chi connectivity index (χ3n) is 3.55. The Bertz CT molecular complexity index is 691. The van der Waals surface area contributed by atoms with E-state index in [4.69, 9.17) is 0 Å². The molecule has 0 saturated heterocycles. The summed E-state index contributed by atoms with van der Waals surface area (Å²) < 4.78 is 1.87. The number of nitrogens with zero attached hydrogens (tertiary/aromatic N) is 4. The predicted molar refractivity (Wildman–Crippen MR) is 78.4 cm³/mol. The van der Waals surface area contributed by atoms with Gasteiger partial charge in [0.2, 0.25) is 0 Å². The Kier molecular flexibility index (Phi) is 3.75. The van der Waals surface area contributed by atoms with Crippen LogP contribution in [-0.2, 0) is 13.6 Å². The number of nitrogens with one attached hydrogen (secondary N) is 1. The molecule has 0 saturated carbocycles. The zero-order valence-electron chi connectivity index (χ0n) is 12.6. The maximum Gasteiger partial charge on any atom is 0.144 e. The van der Waals surface area contributed by atoms with E-state index in [0.717, 1.165) is 28.2 Å². The standard InChI is InChI=1S/C15H19N5/c1-9-6-10(2)18-15(13(9)7-16)17-8-14-11(3)19-20(5)12(14)4/h6H,8H2,1-5H3,(H,17,18). The van der Waals surface area contributed by atoms with Crippen LogP contribution in [0.2, 0.25) is 0 Å². The quantitative estimate of drug-likeness (QED) is 0.929. The number of rotatable bonds is 3. The summed E-state index contributed by atoms with van der Waals surface area (Å²) in [4.78, 5) is 4.43. The molecule has 5 nitrogen and oxygen atoms in total. The van der Waals surface area contributed by atoms with Crippen LogP contribution in [0.15, 0.2) is 6.07 Å². The molecular formula is C15H19N5. The van der Waals surface area contributed by atoms with Crippen LogP contribution < -0.4 is 5.32 Å². The first kappa shape index (κ1) is 14.1. The molecule has 2 heterocycles. The van der Waals surface area contributed by atoms with Gasteiger partial charge in [-0.15, -0.1) is 0 Å². The smallest absolute Gasteiger partial charge is 0.144 e. The highest BCUT2D eigenvalue weighted by atomic mass is 15.3. The number of anilines is 1. The molecular weight excluding hydrogens is 250 g/mol. The molecule has 0 aliphatic carbocycles. The molecule has 0 aliphatic rings. The van der Waals surface area contributed by atoms with Gasteiger partial charge < -0.3 is 5.32 Å². The summed E-state index contributed by atoms with van der Waals surface area (Å²) in [7, 11) is 1.93. The Morgan fingerprint density at radius 2 is 2.00 bits per heavy atom. The Hall–Kier alpha value is -2.35. The molecule has 0 aromatic carbocycles. The summed E-state index contributed by atoms with van der Waals surface area (Å²) in [5, 5.41) is 16.9. The molecule has 104 valence electrons. The van der Waals surface area contributed by atoms with Crippen molar-refractivity contribution in [3.63, 3.8) is 0 Å². The van der Waals surface area contributed by atoms with Gasteiger partial charge in [0, 0.05) is 30.5 Å². The maximum atomic E-state index is 9.25. The van der Waals surface area contributed by atoms with Crippen molar-refractivity contribution >= 4 is 5.82 Å². The van der Waals surface area contributed by atoms with Crippen molar-refractivity contribution in [3.05, 3.63) is 39.8 Å². The molecule has 0 radical (unpaired) electrons. The zero-order chi connectivity index (χ0) is 14.9. The lowest BCUT2D eigenvalue weighted by Crippen LogP contribution is -2.07. The normalized spacial score (nSPS) is 10.4. The van der Waals surface area contributed by atoms with Gasteiger partial charge in [0.15, 0.2) is 0 Å². The number of aromatic nitrogens is 3. The first-order valence-corrected chi connectivity index (χ1v) is 6.55. The maximum absolute atomic E-state index is 9.25. The third kappa shape index (κ3) is 2.50. The molecule has 0 fully saturated rings. The van der Waals surface area contributed by atoms with E-state index in [9.17, 15) is 5.26 Å². The highest BCUT2D eigenvalue weighted by Crippen LogP contribution is 2.20. The summed E-state index contributed by atoms with van der Waals surface area (Å²) in [6, 6.07) is 4.14. The molecule has 0 amide bonds. The lowest BCUT2D eigenvalue weighted by atomic mass is 10.1. The SMILES string of the molecule is Cc1cc(C)c(C#N)c(NCc2c(C)nn(C)c2C)n1. The second-order valence-electron chi connectivity index (χ2n) is 5.04. The van der Waals surface area contributed by atoms with Crippen molar-refractivity contribution < 1.29 is 0 Å². The molecule has 1 N–H and O–H groups in total. The van der Waals surface area contributed by atoms with Gasteiger partial charge in [-0.3, -0.25) is 4.68 Å². The Morgan fingerprint density at radius 3 is 2.55 bits per heavy atom. The monoisotopic (exact) mass is 269 g/mol. The highest BCUT2D eigenvalue weighted by Gasteiger charge is 2.12. The average molecular weight is 269 g/mol. The second-order valence-corrected chi connectivity index (χ2v) is 5.04. The topological polar surface area (TPSA) is 66.5 Å².